The van der Waals surface area contributed by atoms with Crippen LogP contribution in [0, 0.1) is 5.92 Å². The zero-order chi connectivity index (χ0) is 16.9. The first-order chi connectivity index (χ1) is 10.9. The second-order valence-electron chi connectivity index (χ2n) is 6.54. The van der Waals surface area contributed by atoms with Gasteiger partial charge in [0.15, 0.2) is 0 Å². The van der Waals surface area contributed by atoms with Gasteiger partial charge in [0.25, 0.3) is 0 Å². The van der Waals surface area contributed by atoms with Gasteiger partial charge in [-0.3, -0.25) is 0 Å². The van der Waals surface area contributed by atoms with Crippen molar-refractivity contribution < 1.29 is 18.3 Å². The summed E-state index contributed by atoms with van der Waals surface area (Å²) < 4.78 is 37.9. The van der Waals surface area contributed by atoms with Gasteiger partial charge in [0.05, 0.1) is 11.3 Å². The number of hydrogen-bond donors (Lipinski definition) is 1. The molecule has 2 rings (SSSR count). The van der Waals surface area contributed by atoms with Crippen molar-refractivity contribution in [3.8, 4) is 0 Å². The van der Waals surface area contributed by atoms with Crippen molar-refractivity contribution in [2.45, 2.75) is 64.0 Å². The van der Waals surface area contributed by atoms with Crippen LogP contribution in [0.1, 0.15) is 68.9 Å². The van der Waals surface area contributed by atoms with E-state index in [0.29, 0.717) is 24.0 Å². The van der Waals surface area contributed by atoms with Gasteiger partial charge in [0.1, 0.15) is 0 Å². The van der Waals surface area contributed by atoms with Crippen LogP contribution in [-0.4, -0.2) is 5.11 Å². The summed E-state index contributed by atoms with van der Waals surface area (Å²) in [6, 6.07) is 5.58. The highest BCUT2D eigenvalue weighted by atomic mass is 19.4. The molecule has 0 amide bonds. The molecule has 1 fully saturated rings. The Morgan fingerprint density at radius 2 is 1.91 bits per heavy atom. The Bertz CT molecular complexity index is 516. The Labute approximate surface area is 136 Å². The molecule has 0 bridgehead atoms. The van der Waals surface area contributed by atoms with Crippen LogP contribution in [0.5, 0.6) is 0 Å². The smallest absolute Gasteiger partial charge is 0.416 e. The second kappa shape index (κ2) is 7.89. The first-order valence-corrected chi connectivity index (χ1v) is 8.45. The Balaban J connectivity index is 1.98. The quantitative estimate of drug-likeness (QED) is 0.603. The number of allylic oxidation sites excluding steroid dienone is 2. The van der Waals surface area contributed by atoms with Crippen molar-refractivity contribution in [2.75, 3.05) is 0 Å². The molecule has 0 saturated heterocycles. The van der Waals surface area contributed by atoms with Gasteiger partial charge in [-0.2, -0.15) is 13.2 Å². The van der Waals surface area contributed by atoms with E-state index in [1.54, 1.807) is 12.1 Å². The third-order valence-electron chi connectivity index (χ3n) is 4.66. The average Bonchev–Trinajstić information content (AvgIpc) is 2.52. The summed E-state index contributed by atoms with van der Waals surface area (Å²) in [5.41, 5.74) is 0.397. The Kier molecular flexibility index (Phi) is 6.14. The molecule has 1 aromatic rings. The van der Waals surface area contributed by atoms with Crippen molar-refractivity contribution in [3.05, 3.63) is 47.2 Å². The van der Waals surface area contributed by atoms with Gasteiger partial charge in [-0.1, -0.05) is 31.9 Å². The zero-order valence-electron chi connectivity index (χ0n) is 13.6. The van der Waals surface area contributed by atoms with Crippen molar-refractivity contribution in [1.82, 2.24) is 0 Å². The van der Waals surface area contributed by atoms with E-state index in [-0.39, 0.29) is 0 Å². The maximum Gasteiger partial charge on any atom is 0.416 e. The van der Waals surface area contributed by atoms with Gasteiger partial charge in [0, 0.05) is 6.42 Å². The Hall–Kier alpha value is -1.45. The van der Waals surface area contributed by atoms with Crippen LogP contribution < -0.4 is 0 Å². The fourth-order valence-electron chi connectivity index (χ4n) is 3.41. The number of aliphatic hydroxyl groups excluding tert-OH is 1. The maximum atomic E-state index is 12.6. The minimum atomic E-state index is -4.27. The Morgan fingerprint density at radius 3 is 2.52 bits per heavy atom. The van der Waals surface area contributed by atoms with Gasteiger partial charge < -0.3 is 5.11 Å². The SMILES string of the molecule is CCCC=C(O)CC1CCCC(c2ccc(C(F)(F)F)cc2)C1. The summed E-state index contributed by atoms with van der Waals surface area (Å²) >= 11 is 0. The number of benzene rings is 1. The van der Waals surface area contributed by atoms with Crippen molar-refractivity contribution in [1.29, 1.82) is 0 Å². The van der Waals surface area contributed by atoms with Crippen molar-refractivity contribution in [2.24, 2.45) is 5.92 Å². The van der Waals surface area contributed by atoms with E-state index in [2.05, 4.69) is 6.92 Å². The fraction of sp³-hybridized carbons (Fsp3) is 0.579. The van der Waals surface area contributed by atoms with Gasteiger partial charge in [0.2, 0.25) is 0 Å². The third kappa shape index (κ3) is 5.29. The second-order valence-corrected chi connectivity index (χ2v) is 6.54. The highest BCUT2D eigenvalue weighted by molar-refractivity contribution is 5.27. The van der Waals surface area contributed by atoms with E-state index >= 15 is 0 Å². The van der Waals surface area contributed by atoms with Crippen LogP contribution in [0.2, 0.25) is 0 Å². The lowest BCUT2D eigenvalue weighted by atomic mass is 9.76. The standard InChI is InChI=1S/C19H25F3O/c1-2-3-7-18(23)13-14-5-4-6-16(12-14)15-8-10-17(11-9-15)19(20,21)22/h7-11,14,16,23H,2-6,12-13H2,1H3. The molecule has 23 heavy (non-hydrogen) atoms. The molecule has 1 aliphatic carbocycles. The molecule has 1 nitrogen and oxygen atoms in total. The number of rotatable bonds is 5. The molecule has 0 radical (unpaired) electrons. The predicted octanol–water partition coefficient (Wildman–Crippen LogP) is 6.61. The zero-order valence-corrected chi connectivity index (χ0v) is 13.6. The minimum Gasteiger partial charge on any atom is -0.513 e. The molecule has 2 atom stereocenters. The highest BCUT2D eigenvalue weighted by Gasteiger charge is 2.31. The molecule has 1 N–H and O–H groups in total. The van der Waals surface area contributed by atoms with Gasteiger partial charge in [-0.15, -0.1) is 0 Å². The number of halogens is 3. The Morgan fingerprint density at radius 1 is 1.22 bits per heavy atom. The molecule has 1 saturated carbocycles. The summed E-state index contributed by atoms with van der Waals surface area (Å²) in [7, 11) is 0. The molecule has 0 heterocycles. The molecule has 128 valence electrons. The van der Waals surface area contributed by atoms with Crippen LogP contribution in [0.4, 0.5) is 13.2 Å². The molecular formula is C19H25F3O. The minimum absolute atomic E-state index is 0.301. The summed E-state index contributed by atoms with van der Waals surface area (Å²) in [6.07, 6.45) is 4.32. The first-order valence-electron chi connectivity index (χ1n) is 8.45. The van der Waals surface area contributed by atoms with E-state index in [4.69, 9.17) is 0 Å². The molecule has 0 spiro atoms. The summed E-state index contributed by atoms with van der Waals surface area (Å²) in [5, 5.41) is 9.95. The first kappa shape index (κ1) is 17.9. The average molecular weight is 326 g/mol. The van der Waals surface area contributed by atoms with E-state index in [1.165, 1.54) is 12.1 Å². The van der Waals surface area contributed by atoms with Crippen molar-refractivity contribution >= 4 is 0 Å². The lowest BCUT2D eigenvalue weighted by molar-refractivity contribution is -0.137. The maximum absolute atomic E-state index is 12.6. The molecular weight excluding hydrogens is 301 g/mol. The summed E-state index contributed by atoms with van der Waals surface area (Å²) in [5.74, 6) is 1.18. The lowest BCUT2D eigenvalue weighted by Gasteiger charge is -2.29. The summed E-state index contributed by atoms with van der Waals surface area (Å²) in [6.45, 7) is 2.07. The number of aliphatic hydroxyl groups is 1. The lowest BCUT2D eigenvalue weighted by Crippen LogP contribution is -2.15. The van der Waals surface area contributed by atoms with Crippen LogP contribution in [-0.2, 0) is 6.18 Å². The molecule has 1 aromatic carbocycles. The van der Waals surface area contributed by atoms with Crippen LogP contribution in [0.15, 0.2) is 36.1 Å². The van der Waals surface area contributed by atoms with E-state index in [9.17, 15) is 18.3 Å². The summed E-state index contributed by atoms with van der Waals surface area (Å²) in [4.78, 5) is 0. The van der Waals surface area contributed by atoms with Crippen LogP contribution >= 0.6 is 0 Å². The van der Waals surface area contributed by atoms with Crippen LogP contribution in [0.3, 0.4) is 0 Å². The van der Waals surface area contributed by atoms with Crippen molar-refractivity contribution in [3.63, 3.8) is 0 Å². The highest BCUT2D eigenvalue weighted by Crippen LogP contribution is 2.39. The number of unbranched alkanes of at least 4 members (excludes halogenated alkanes) is 1. The fourth-order valence-corrected chi connectivity index (χ4v) is 3.41. The molecule has 2 unspecified atom stereocenters. The molecule has 1 aliphatic rings. The van der Waals surface area contributed by atoms with Crippen LogP contribution in [0.25, 0.3) is 0 Å². The molecule has 0 aromatic heterocycles. The van der Waals surface area contributed by atoms with E-state index < -0.39 is 11.7 Å². The monoisotopic (exact) mass is 326 g/mol. The number of alkyl halides is 3. The van der Waals surface area contributed by atoms with Gasteiger partial charge in [-0.05, 0) is 61.3 Å². The topological polar surface area (TPSA) is 20.2 Å². The van der Waals surface area contributed by atoms with Gasteiger partial charge in [-0.25, -0.2) is 0 Å². The van der Waals surface area contributed by atoms with Gasteiger partial charge >= 0.3 is 6.18 Å². The molecule has 0 aliphatic heterocycles. The predicted molar refractivity (Wildman–Crippen MR) is 86.4 cm³/mol. The normalized spacial score (nSPS) is 23.0. The number of hydrogen-bond acceptors (Lipinski definition) is 1. The largest absolute Gasteiger partial charge is 0.513 e. The molecule has 4 heteroatoms. The third-order valence-corrected chi connectivity index (χ3v) is 4.66. The van der Waals surface area contributed by atoms with E-state index in [1.807, 2.05) is 6.08 Å². The van der Waals surface area contributed by atoms with E-state index in [0.717, 1.165) is 44.1 Å².